The van der Waals surface area contributed by atoms with Gasteiger partial charge in [-0.1, -0.05) is 60.7 Å². The van der Waals surface area contributed by atoms with E-state index < -0.39 is 23.5 Å². The van der Waals surface area contributed by atoms with Gasteiger partial charge in [0, 0.05) is 5.56 Å². The van der Waals surface area contributed by atoms with Gasteiger partial charge >= 0.3 is 5.91 Å². The number of nitrogens with zero attached hydrogens (tertiary/aromatic N) is 2. The number of benzene rings is 4. The number of aromatic amines is 1. The molecule has 5 aromatic rings. The Balaban J connectivity index is 1.57. The Morgan fingerprint density at radius 2 is 1.60 bits per heavy atom. The molecule has 170 valence electrons. The smallest absolute Gasteiger partial charge is 0.302 e. The van der Waals surface area contributed by atoms with Gasteiger partial charge in [-0.05, 0) is 46.7 Å². The van der Waals surface area contributed by atoms with Crippen LogP contribution in [0.3, 0.4) is 0 Å². The molecule has 0 spiro atoms. The van der Waals surface area contributed by atoms with Gasteiger partial charge in [0.25, 0.3) is 5.78 Å². The molecule has 1 atom stereocenters. The predicted molar refractivity (Wildman–Crippen MR) is 131 cm³/mol. The molecule has 4 aromatic carbocycles. The maximum absolute atomic E-state index is 13.7. The van der Waals surface area contributed by atoms with Gasteiger partial charge in [0.15, 0.2) is 0 Å². The van der Waals surface area contributed by atoms with Gasteiger partial charge in [0.2, 0.25) is 5.95 Å². The van der Waals surface area contributed by atoms with Crippen molar-refractivity contribution < 1.29 is 19.1 Å². The SMILES string of the molecule is O=C1C(=O)N(c2nc3ccccc3[nH]2)C(c2ccc(F)cc2)/C1=C(\O)c1ccc2ccccc2c1. The van der Waals surface area contributed by atoms with Crippen molar-refractivity contribution in [1.29, 1.82) is 0 Å². The van der Waals surface area contributed by atoms with Crippen LogP contribution in [0.25, 0.3) is 27.6 Å². The summed E-state index contributed by atoms with van der Waals surface area (Å²) in [7, 11) is 0. The lowest BCUT2D eigenvalue weighted by Gasteiger charge is -2.23. The van der Waals surface area contributed by atoms with E-state index in [1.165, 1.54) is 29.2 Å². The van der Waals surface area contributed by atoms with Crippen LogP contribution in [0.4, 0.5) is 10.3 Å². The van der Waals surface area contributed by atoms with Crippen LogP contribution in [0.1, 0.15) is 17.2 Å². The van der Waals surface area contributed by atoms with Crippen LogP contribution in [-0.4, -0.2) is 26.8 Å². The number of H-pyrrole nitrogens is 1. The second-order valence-corrected chi connectivity index (χ2v) is 8.36. The molecular weight excluding hydrogens is 445 g/mol. The number of halogens is 1. The number of anilines is 1. The molecule has 2 N–H and O–H groups in total. The quantitative estimate of drug-likeness (QED) is 0.211. The summed E-state index contributed by atoms with van der Waals surface area (Å²) in [6, 6.07) is 24.7. The number of ketones is 1. The topological polar surface area (TPSA) is 86.3 Å². The minimum absolute atomic E-state index is 0.0858. The molecule has 0 saturated carbocycles. The summed E-state index contributed by atoms with van der Waals surface area (Å²) >= 11 is 0. The van der Waals surface area contributed by atoms with Gasteiger partial charge in [-0.15, -0.1) is 0 Å². The normalized spacial score (nSPS) is 17.5. The van der Waals surface area contributed by atoms with Crippen molar-refractivity contribution >= 4 is 45.2 Å². The Hall–Kier alpha value is -4.78. The zero-order valence-electron chi connectivity index (χ0n) is 18.3. The third-order valence-corrected chi connectivity index (χ3v) is 6.26. The Morgan fingerprint density at radius 1 is 0.886 bits per heavy atom. The first-order valence-electron chi connectivity index (χ1n) is 11.0. The molecule has 6 nitrogen and oxygen atoms in total. The highest BCUT2D eigenvalue weighted by molar-refractivity contribution is 6.51. The van der Waals surface area contributed by atoms with Crippen LogP contribution in [0.15, 0.2) is 96.6 Å². The fraction of sp³-hybridized carbons (Fsp3) is 0.0357. The minimum Gasteiger partial charge on any atom is -0.507 e. The molecule has 1 amide bonds. The summed E-state index contributed by atoms with van der Waals surface area (Å²) in [5.74, 6) is -2.27. The number of nitrogens with one attached hydrogen (secondary N) is 1. The van der Waals surface area contributed by atoms with E-state index in [1.54, 1.807) is 18.2 Å². The highest BCUT2D eigenvalue weighted by Crippen LogP contribution is 2.42. The van der Waals surface area contributed by atoms with Crippen molar-refractivity contribution in [2.45, 2.75) is 6.04 Å². The van der Waals surface area contributed by atoms with Gasteiger partial charge < -0.3 is 10.1 Å². The summed E-state index contributed by atoms with van der Waals surface area (Å²) in [4.78, 5) is 35.4. The lowest BCUT2D eigenvalue weighted by Crippen LogP contribution is -2.30. The third kappa shape index (κ3) is 3.36. The van der Waals surface area contributed by atoms with E-state index in [0.717, 1.165) is 10.8 Å². The molecule has 35 heavy (non-hydrogen) atoms. The Labute approximate surface area is 199 Å². The maximum Gasteiger partial charge on any atom is 0.302 e. The van der Waals surface area contributed by atoms with Crippen molar-refractivity contribution in [3.8, 4) is 0 Å². The highest BCUT2D eigenvalue weighted by Gasteiger charge is 2.48. The first-order chi connectivity index (χ1) is 17.0. The summed E-state index contributed by atoms with van der Waals surface area (Å²) in [5.41, 5.74) is 2.10. The van der Waals surface area contributed by atoms with Gasteiger partial charge in [0.1, 0.15) is 11.6 Å². The van der Waals surface area contributed by atoms with E-state index in [9.17, 15) is 19.1 Å². The summed E-state index contributed by atoms with van der Waals surface area (Å²) < 4.78 is 13.7. The lowest BCUT2D eigenvalue weighted by atomic mass is 9.94. The number of carbonyl (C=O) groups is 2. The van der Waals surface area contributed by atoms with Crippen molar-refractivity contribution in [1.82, 2.24) is 9.97 Å². The molecule has 1 aliphatic rings. The predicted octanol–water partition coefficient (Wildman–Crippen LogP) is 5.48. The molecule has 1 aromatic heterocycles. The standard InChI is InChI=1S/C28H18FN3O3/c29-20-13-11-17(12-14-20)24-23(25(33)19-10-9-16-5-1-2-6-18(16)15-19)26(34)27(35)32(24)28-30-21-7-3-4-8-22(21)31-28/h1-15,24,33H,(H,30,31)/b25-23+. The lowest BCUT2D eigenvalue weighted by molar-refractivity contribution is -0.132. The van der Waals surface area contributed by atoms with Crippen LogP contribution >= 0.6 is 0 Å². The van der Waals surface area contributed by atoms with E-state index in [-0.39, 0.29) is 17.3 Å². The zero-order valence-corrected chi connectivity index (χ0v) is 18.3. The average molecular weight is 463 g/mol. The van der Waals surface area contributed by atoms with Gasteiger partial charge in [-0.2, -0.15) is 0 Å². The minimum atomic E-state index is -0.998. The van der Waals surface area contributed by atoms with Crippen molar-refractivity contribution in [2.24, 2.45) is 0 Å². The van der Waals surface area contributed by atoms with Gasteiger partial charge in [-0.25, -0.2) is 9.37 Å². The first kappa shape index (κ1) is 20.8. The number of fused-ring (bicyclic) bond motifs is 2. The van der Waals surface area contributed by atoms with Crippen molar-refractivity contribution in [3.05, 3.63) is 114 Å². The Morgan fingerprint density at radius 3 is 2.37 bits per heavy atom. The number of Topliss-reactive ketones (excluding diaryl/α,β-unsaturated/α-hetero) is 1. The number of aromatic nitrogens is 2. The van der Waals surface area contributed by atoms with E-state index in [1.807, 2.05) is 48.5 Å². The number of carbonyl (C=O) groups excluding carboxylic acids is 2. The Kier molecular flexibility index (Phi) is 4.70. The number of amides is 1. The van der Waals surface area contributed by atoms with E-state index >= 15 is 0 Å². The van der Waals surface area contributed by atoms with Crippen molar-refractivity contribution in [3.63, 3.8) is 0 Å². The number of hydrogen-bond donors (Lipinski definition) is 2. The van der Waals surface area contributed by atoms with Crippen LogP contribution in [0.5, 0.6) is 0 Å². The summed E-state index contributed by atoms with van der Waals surface area (Å²) in [6.45, 7) is 0. The molecule has 2 heterocycles. The number of aliphatic hydroxyl groups is 1. The van der Waals surface area contributed by atoms with Crippen LogP contribution < -0.4 is 4.90 Å². The number of aliphatic hydroxyl groups excluding tert-OH is 1. The maximum atomic E-state index is 13.7. The zero-order chi connectivity index (χ0) is 24.1. The van der Waals surface area contributed by atoms with Crippen LogP contribution in [0, 0.1) is 5.82 Å². The molecule has 1 saturated heterocycles. The first-order valence-corrected chi connectivity index (χ1v) is 11.0. The van der Waals surface area contributed by atoms with Gasteiger partial charge in [0.05, 0.1) is 22.6 Å². The fourth-order valence-corrected chi connectivity index (χ4v) is 4.56. The number of hydrogen-bond acceptors (Lipinski definition) is 4. The fourth-order valence-electron chi connectivity index (χ4n) is 4.56. The van der Waals surface area contributed by atoms with E-state index in [4.69, 9.17) is 0 Å². The molecular formula is C28H18FN3O3. The molecule has 1 unspecified atom stereocenters. The largest absolute Gasteiger partial charge is 0.507 e. The monoisotopic (exact) mass is 463 g/mol. The van der Waals surface area contributed by atoms with Crippen molar-refractivity contribution in [2.75, 3.05) is 4.90 Å². The molecule has 0 radical (unpaired) electrons. The highest BCUT2D eigenvalue weighted by atomic mass is 19.1. The van der Waals surface area contributed by atoms with E-state index in [2.05, 4.69) is 9.97 Å². The average Bonchev–Trinajstić information content (AvgIpc) is 3.42. The summed E-state index contributed by atoms with van der Waals surface area (Å²) in [6.07, 6.45) is 0. The molecule has 0 aliphatic carbocycles. The van der Waals surface area contributed by atoms with Crippen LogP contribution in [0.2, 0.25) is 0 Å². The molecule has 1 fully saturated rings. The third-order valence-electron chi connectivity index (χ3n) is 6.26. The number of para-hydroxylation sites is 2. The molecule has 1 aliphatic heterocycles. The molecule has 7 heteroatoms. The molecule has 6 rings (SSSR count). The van der Waals surface area contributed by atoms with E-state index in [0.29, 0.717) is 22.2 Å². The van der Waals surface area contributed by atoms with Crippen LogP contribution in [-0.2, 0) is 9.59 Å². The number of rotatable bonds is 3. The van der Waals surface area contributed by atoms with Gasteiger partial charge in [-0.3, -0.25) is 14.5 Å². The second-order valence-electron chi connectivity index (χ2n) is 8.36. The Bertz CT molecular complexity index is 1640. The second kappa shape index (κ2) is 7.92. The summed E-state index contributed by atoms with van der Waals surface area (Å²) in [5, 5.41) is 13.2. The number of imidazole rings is 1. The molecule has 0 bridgehead atoms.